The Kier molecular flexibility index (Phi) is 4.87. The molecule has 0 aromatic rings. The molecule has 2 heteroatoms. The third-order valence-electron chi connectivity index (χ3n) is 1.17. The highest BCUT2D eigenvalue weighted by Crippen LogP contribution is 2.03. The van der Waals surface area contributed by atoms with Crippen molar-refractivity contribution in [3.8, 4) is 0 Å². The van der Waals surface area contributed by atoms with Crippen molar-refractivity contribution in [3.63, 3.8) is 0 Å². The summed E-state index contributed by atoms with van der Waals surface area (Å²) in [5, 5.41) is 0. The van der Waals surface area contributed by atoms with Crippen LogP contribution >= 0.6 is 15.9 Å². The molecule has 0 unspecified atom stereocenters. The average molecular weight is 192 g/mol. The van der Waals surface area contributed by atoms with Gasteiger partial charge in [-0.2, -0.15) is 0 Å². The Morgan fingerprint density at radius 3 is 2.00 bits per heavy atom. The molecule has 0 amide bonds. The Balaban J connectivity index is 3.68. The molecule has 0 aromatic heterocycles. The Bertz CT molecular complexity index is 91.1. The summed E-state index contributed by atoms with van der Waals surface area (Å²) in [5.74, 6) is 0. The van der Waals surface area contributed by atoms with E-state index in [0.717, 1.165) is 13.1 Å². The molecule has 1 nitrogen and oxygen atoms in total. The number of allylic oxidation sites excluding steroid dienone is 1. The van der Waals surface area contributed by atoms with E-state index >= 15 is 0 Å². The smallest absolute Gasteiger partial charge is 0.0144 e. The number of rotatable bonds is 3. The van der Waals surface area contributed by atoms with E-state index in [9.17, 15) is 0 Å². The monoisotopic (exact) mass is 191 g/mol. The molecule has 0 saturated carbocycles. The minimum absolute atomic E-state index is 1.08. The van der Waals surface area contributed by atoms with Crippen molar-refractivity contribution < 1.29 is 0 Å². The van der Waals surface area contributed by atoms with Crippen LogP contribution in [0.15, 0.2) is 10.7 Å². The molecule has 0 spiro atoms. The highest BCUT2D eigenvalue weighted by atomic mass is 79.9. The number of hydrogen-bond donors (Lipinski definition) is 0. The van der Waals surface area contributed by atoms with Crippen molar-refractivity contribution >= 4 is 15.9 Å². The molecule has 0 aliphatic rings. The minimum Gasteiger partial charge on any atom is -0.377 e. The van der Waals surface area contributed by atoms with E-state index in [1.807, 2.05) is 6.92 Å². The van der Waals surface area contributed by atoms with E-state index in [4.69, 9.17) is 0 Å². The molecule has 0 fully saturated rings. The fourth-order valence-corrected chi connectivity index (χ4v) is 0.947. The van der Waals surface area contributed by atoms with Crippen LogP contribution in [0, 0.1) is 0 Å². The first-order chi connectivity index (χ1) is 4.20. The zero-order valence-corrected chi connectivity index (χ0v) is 7.90. The van der Waals surface area contributed by atoms with E-state index in [-0.39, 0.29) is 0 Å². The summed E-state index contributed by atoms with van der Waals surface area (Å²) in [6, 6.07) is 0. The molecule has 0 rings (SSSR count). The molecule has 0 bridgehead atoms. The standard InChI is InChI=1S/C7H14BrN/c1-4-9(5-2)6-7(3)8/h6H,4-5H2,1-3H3/b7-6-. The van der Waals surface area contributed by atoms with E-state index in [1.54, 1.807) is 0 Å². The van der Waals surface area contributed by atoms with Gasteiger partial charge in [0.05, 0.1) is 0 Å². The van der Waals surface area contributed by atoms with Crippen molar-refractivity contribution in [2.45, 2.75) is 20.8 Å². The van der Waals surface area contributed by atoms with Crippen molar-refractivity contribution in [1.82, 2.24) is 4.90 Å². The predicted molar refractivity (Wildman–Crippen MR) is 45.6 cm³/mol. The normalized spacial score (nSPS) is 11.8. The van der Waals surface area contributed by atoms with Gasteiger partial charge in [-0.15, -0.1) is 0 Å². The highest BCUT2D eigenvalue weighted by molar-refractivity contribution is 9.11. The lowest BCUT2D eigenvalue weighted by Gasteiger charge is -2.14. The summed E-state index contributed by atoms with van der Waals surface area (Å²) in [6.07, 6.45) is 2.11. The Hall–Kier alpha value is 0.0200. The molecule has 0 aromatic carbocycles. The van der Waals surface area contributed by atoms with Crippen LogP contribution in [-0.4, -0.2) is 18.0 Å². The largest absolute Gasteiger partial charge is 0.377 e. The zero-order valence-electron chi connectivity index (χ0n) is 6.32. The molecule has 9 heavy (non-hydrogen) atoms. The van der Waals surface area contributed by atoms with Crippen molar-refractivity contribution in [3.05, 3.63) is 10.7 Å². The second-order valence-corrected chi connectivity index (χ2v) is 3.19. The lowest BCUT2D eigenvalue weighted by Crippen LogP contribution is -2.15. The summed E-state index contributed by atoms with van der Waals surface area (Å²) < 4.78 is 1.19. The summed E-state index contributed by atoms with van der Waals surface area (Å²) in [5.41, 5.74) is 0. The predicted octanol–water partition coefficient (Wildman–Crippen LogP) is 2.58. The Morgan fingerprint density at radius 2 is 1.89 bits per heavy atom. The van der Waals surface area contributed by atoms with E-state index < -0.39 is 0 Å². The van der Waals surface area contributed by atoms with Crippen molar-refractivity contribution in [1.29, 1.82) is 0 Å². The minimum atomic E-state index is 1.08. The molecule has 0 aliphatic carbocycles. The van der Waals surface area contributed by atoms with Gasteiger partial charge in [-0.25, -0.2) is 0 Å². The van der Waals surface area contributed by atoms with Crippen LogP contribution in [0.3, 0.4) is 0 Å². The van der Waals surface area contributed by atoms with E-state index in [2.05, 4.69) is 40.9 Å². The lowest BCUT2D eigenvalue weighted by molar-refractivity contribution is 0.418. The van der Waals surface area contributed by atoms with E-state index in [1.165, 1.54) is 4.48 Å². The average Bonchev–Trinajstić information content (AvgIpc) is 1.82. The fraction of sp³-hybridized carbons (Fsp3) is 0.714. The van der Waals surface area contributed by atoms with Crippen LogP contribution in [0.2, 0.25) is 0 Å². The third-order valence-corrected chi connectivity index (χ3v) is 1.38. The maximum atomic E-state index is 3.38. The Morgan fingerprint density at radius 1 is 1.44 bits per heavy atom. The summed E-state index contributed by atoms with van der Waals surface area (Å²) in [6.45, 7) is 8.50. The first kappa shape index (κ1) is 9.02. The fourth-order valence-electron chi connectivity index (χ4n) is 0.658. The molecule has 54 valence electrons. The number of halogens is 1. The second-order valence-electron chi connectivity index (χ2n) is 1.94. The van der Waals surface area contributed by atoms with Gasteiger partial charge in [0.2, 0.25) is 0 Å². The second kappa shape index (κ2) is 4.86. The molecular weight excluding hydrogens is 178 g/mol. The van der Waals surface area contributed by atoms with Gasteiger partial charge in [-0.05, 0) is 20.8 Å². The quantitative estimate of drug-likeness (QED) is 0.664. The first-order valence-corrected chi connectivity index (χ1v) is 4.08. The molecule has 0 atom stereocenters. The van der Waals surface area contributed by atoms with Gasteiger partial charge in [0.15, 0.2) is 0 Å². The van der Waals surface area contributed by atoms with Crippen molar-refractivity contribution in [2.75, 3.05) is 13.1 Å². The molecule has 0 radical (unpaired) electrons. The van der Waals surface area contributed by atoms with Crippen LogP contribution in [0.1, 0.15) is 20.8 Å². The highest BCUT2D eigenvalue weighted by Gasteiger charge is 1.89. The molecule has 0 saturated heterocycles. The van der Waals surface area contributed by atoms with Crippen LogP contribution < -0.4 is 0 Å². The number of hydrogen-bond acceptors (Lipinski definition) is 1. The third kappa shape index (κ3) is 4.52. The topological polar surface area (TPSA) is 3.24 Å². The first-order valence-electron chi connectivity index (χ1n) is 3.28. The number of nitrogens with zero attached hydrogens (tertiary/aromatic N) is 1. The summed E-state index contributed by atoms with van der Waals surface area (Å²) in [4.78, 5) is 2.24. The van der Waals surface area contributed by atoms with Crippen LogP contribution in [0.25, 0.3) is 0 Å². The maximum absolute atomic E-state index is 3.38. The van der Waals surface area contributed by atoms with Crippen molar-refractivity contribution in [2.24, 2.45) is 0 Å². The van der Waals surface area contributed by atoms with Gasteiger partial charge < -0.3 is 4.90 Å². The SMILES string of the molecule is CCN(/C=C(/C)Br)CC. The van der Waals surface area contributed by atoms with Gasteiger partial charge in [0.1, 0.15) is 0 Å². The van der Waals surface area contributed by atoms with Gasteiger partial charge in [-0.3, -0.25) is 0 Å². The summed E-state index contributed by atoms with van der Waals surface area (Å²) in [7, 11) is 0. The van der Waals surface area contributed by atoms with Crippen LogP contribution in [0.4, 0.5) is 0 Å². The molecule has 0 heterocycles. The summed E-state index contributed by atoms with van der Waals surface area (Å²) >= 11 is 3.38. The van der Waals surface area contributed by atoms with E-state index in [0.29, 0.717) is 0 Å². The molecule has 0 N–H and O–H groups in total. The van der Waals surface area contributed by atoms with Gasteiger partial charge in [0.25, 0.3) is 0 Å². The van der Waals surface area contributed by atoms with Crippen LogP contribution in [0.5, 0.6) is 0 Å². The molecular formula is C7H14BrN. The van der Waals surface area contributed by atoms with Gasteiger partial charge >= 0.3 is 0 Å². The van der Waals surface area contributed by atoms with Crippen LogP contribution in [-0.2, 0) is 0 Å². The zero-order chi connectivity index (χ0) is 7.28. The molecule has 0 aliphatic heterocycles. The lowest BCUT2D eigenvalue weighted by atomic mass is 10.5. The van der Waals surface area contributed by atoms with Gasteiger partial charge in [0, 0.05) is 23.8 Å². The Labute approximate surface area is 65.9 Å². The van der Waals surface area contributed by atoms with Gasteiger partial charge in [-0.1, -0.05) is 15.9 Å². The maximum Gasteiger partial charge on any atom is 0.0144 e.